The zero-order chi connectivity index (χ0) is 11.3. The molecule has 1 atom stereocenters. The van der Waals surface area contributed by atoms with Gasteiger partial charge < -0.3 is 16.2 Å². The average molecular weight is 205 g/mol. The van der Waals surface area contributed by atoms with Crippen LogP contribution in [0.25, 0.3) is 0 Å². The second-order valence-electron chi connectivity index (χ2n) is 2.93. The minimum Gasteiger partial charge on any atom is -0.480 e. The van der Waals surface area contributed by atoms with E-state index in [9.17, 15) is 4.79 Å². The van der Waals surface area contributed by atoms with Crippen LogP contribution >= 0.6 is 0 Å². The minimum atomic E-state index is -1.04. The van der Waals surface area contributed by atoms with Gasteiger partial charge >= 0.3 is 5.97 Å². The van der Waals surface area contributed by atoms with Crippen molar-refractivity contribution in [3.63, 3.8) is 0 Å². The van der Waals surface area contributed by atoms with Crippen LogP contribution in [0.15, 0.2) is 24.3 Å². The highest BCUT2D eigenvalue weighted by Gasteiger charge is 2.15. The molecule has 0 aromatic heterocycles. The molecule has 0 amide bonds. The van der Waals surface area contributed by atoms with Gasteiger partial charge in [0.15, 0.2) is 0 Å². The summed E-state index contributed by atoms with van der Waals surface area (Å²) in [6, 6.07) is 7.78. The highest BCUT2D eigenvalue weighted by Crippen LogP contribution is 2.14. The van der Waals surface area contributed by atoms with Crippen LogP contribution in [0, 0.1) is 11.3 Å². The number of aliphatic carboxylic acids is 1. The quantitative estimate of drug-likeness (QED) is 0.660. The van der Waals surface area contributed by atoms with E-state index < -0.39 is 12.0 Å². The van der Waals surface area contributed by atoms with E-state index in [1.165, 1.54) is 0 Å². The maximum absolute atomic E-state index is 10.7. The first-order valence-electron chi connectivity index (χ1n) is 4.37. The molecule has 1 rings (SSSR count). The number of para-hydroxylation sites is 1. The lowest BCUT2D eigenvalue weighted by atomic mass is 10.1. The van der Waals surface area contributed by atoms with Gasteiger partial charge in [-0.2, -0.15) is 5.26 Å². The predicted molar refractivity (Wildman–Crippen MR) is 55.3 cm³/mol. The molecule has 5 nitrogen and oxygen atoms in total. The maximum Gasteiger partial charge on any atom is 0.327 e. The van der Waals surface area contributed by atoms with E-state index in [-0.39, 0.29) is 6.54 Å². The molecule has 0 spiro atoms. The molecule has 78 valence electrons. The second kappa shape index (κ2) is 4.98. The molecular weight excluding hydrogens is 194 g/mol. The van der Waals surface area contributed by atoms with Crippen LogP contribution in [0.3, 0.4) is 0 Å². The predicted octanol–water partition coefficient (Wildman–Crippen LogP) is 0.382. The van der Waals surface area contributed by atoms with E-state index in [0.29, 0.717) is 11.3 Å². The fourth-order valence-electron chi connectivity index (χ4n) is 1.12. The van der Waals surface area contributed by atoms with Crippen molar-refractivity contribution in [1.82, 2.24) is 0 Å². The number of nitrogens with one attached hydrogen (secondary N) is 1. The topological polar surface area (TPSA) is 99.1 Å². The third-order valence-corrected chi connectivity index (χ3v) is 1.91. The van der Waals surface area contributed by atoms with Gasteiger partial charge in [0, 0.05) is 6.54 Å². The molecule has 4 N–H and O–H groups in total. The van der Waals surface area contributed by atoms with Gasteiger partial charge in [0.1, 0.15) is 12.1 Å². The summed E-state index contributed by atoms with van der Waals surface area (Å²) in [5.74, 6) is -1.04. The fraction of sp³-hybridized carbons (Fsp3) is 0.200. The monoisotopic (exact) mass is 205 g/mol. The van der Waals surface area contributed by atoms with Crippen molar-refractivity contribution in [2.24, 2.45) is 5.73 Å². The van der Waals surface area contributed by atoms with Crippen molar-refractivity contribution in [3.8, 4) is 6.07 Å². The zero-order valence-corrected chi connectivity index (χ0v) is 7.97. The Balaban J connectivity index is 2.89. The molecule has 0 aliphatic carbocycles. The number of hydrogen-bond acceptors (Lipinski definition) is 4. The lowest BCUT2D eigenvalue weighted by Crippen LogP contribution is -2.36. The lowest BCUT2D eigenvalue weighted by molar-refractivity contribution is -0.137. The highest BCUT2D eigenvalue weighted by molar-refractivity contribution is 5.78. The molecule has 15 heavy (non-hydrogen) atoms. The molecule has 0 aliphatic rings. The van der Waals surface area contributed by atoms with E-state index in [2.05, 4.69) is 5.32 Å². The van der Waals surface area contributed by atoms with Crippen molar-refractivity contribution >= 4 is 11.7 Å². The number of nitrogens with zero attached hydrogens (tertiary/aromatic N) is 1. The first-order valence-corrected chi connectivity index (χ1v) is 4.37. The van der Waals surface area contributed by atoms with Crippen LogP contribution < -0.4 is 11.1 Å². The summed E-state index contributed by atoms with van der Waals surface area (Å²) in [5, 5.41) is 20.2. The Morgan fingerprint density at radius 2 is 2.27 bits per heavy atom. The molecule has 0 bridgehead atoms. The summed E-state index contributed by atoms with van der Waals surface area (Å²) < 4.78 is 0. The van der Waals surface area contributed by atoms with Gasteiger partial charge in [0.25, 0.3) is 0 Å². The Morgan fingerprint density at radius 1 is 1.60 bits per heavy atom. The van der Waals surface area contributed by atoms with Crippen LogP contribution in [0.4, 0.5) is 5.69 Å². The van der Waals surface area contributed by atoms with Crippen molar-refractivity contribution < 1.29 is 9.90 Å². The van der Waals surface area contributed by atoms with Crippen LogP contribution in [0.1, 0.15) is 5.56 Å². The summed E-state index contributed by atoms with van der Waals surface area (Å²) in [4.78, 5) is 10.7. The summed E-state index contributed by atoms with van der Waals surface area (Å²) in [7, 11) is 0. The standard InChI is InChI=1S/C10H11N3O2/c11-5-7-3-1-2-4-8(7)13-9(6-12)10(14)15/h1-4,9,13H,6,12H2,(H,14,15). The van der Waals surface area contributed by atoms with Crippen molar-refractivity contribution in [2.75, 3.05) is 11.9 Å². The number of rotatable bonds is 4. The van der Waals surface area contributed by atoms with Gasteiger partial charge in [-0.15, -0.1) is 0 Å². The molecule has 0 heterocycles. The number of nitriles is 1. The molecule has 0 fully saturated rings. The van der Waals surface area contributed by atoms with Crippen LogP contribution in [-0.4, -0.2) is 23.7 Å². The van der Waals surface area contributed by atoms with Gasteiger partial charge in [-0.1, -0.05) is 12.1 Å². The van der Waals surface area contributed by atoms with Crippen LogP contribution in [-0.2, 0) is 4.79 Å². The number of carbonyl (C=O) groups is 1. The summed E-state index contributed by atoms with van der Waals surface area (Å²) in [6.45, 7) is -0.0326. The summed E-state index contributed by atoms with van der Waals surface area (Å²) in [6.07, 6.45) is 0. The molecule has 1 aromatic carbocycles. The van der Waals surface area contributed by atoms with Crippen LogP contribution in [0.5, 0.6) is 0 Å². The molecule has 0 aliphatic heterocycles. The number of hydrogen-bond donors (Lipinski definition) is 3. The first-order chi connectivity index (χ1) is 7.19. The number of benzene rings is 1. The highest BCUT2D eigenvalue weighted by atomic mass is 16.4. The normalized spacial score (nSPS) is 11.5. The van der Waals surface area contributed by atoms with Gasteiger partial charge in [-0.3, -0.25) is 0 Å². The largest absolute Gasteiger partial charge is 0.480 e. The van der Waals surface area contributed by atoms with Crippen molar-refractivity contribution in [2.45, 2.75) is 6.04 Å². The van der Waals surface area contributed by atoms with Crippen molar-refractivity contribution in [3.05, 3.63) is 29.8 Å². The minimum absolute atomic E-state index is 0.0326. The third kappa shape index (κ3) is 2.69. The van der Waals surface area contributed by atoms with E-state index in [1.54, 1.807) is 24.3 Å². The summed E-state index contributed by atoms with van der Waals surface area (Å²) in [5.41, 5.74) is 6.17. The van der Waals surface area contributed by atoms with E-state index >= 15 is 0 Å². The van der Waals surface area contributed by atoms with E-state index in [1.807, 2.05) is 6.07 Å². The van der Waals surface area contributed by atoms with Gasteiger partial charge in [-0.05, 0) is 12.1 Å². The zero-order valence-electron chi connectivity index (χ0n) is 7.97. The molecule has 5 heteroatoms. The Hall–Kier alpha value is -2.06. The van der Waals surface area contributed by atoms with Crippen LogP contribution in [0.2, 0.25) is 0 Å². The number of anilines is 1. The lowest BCUT2D eigenvalue weighted by Gasteiger charge is -2.14. The molecular formula is C10H11N3O2. The first kappa shape index (κ1) is 11.0. The average Bonchev–Trinajstić information content (AvgIpc) is 2.25. The molecule has 0 saturated heterocycles. The Labute approximate surface area is 87.1 Å². The van der Waals surface area contributed by atoms with E-state index in [0.717, 1.165) is 0 Å². The second-order valence-corrected chi connectivity index (χ2v) is 2.93. The third-order valence-electron chi connectivity index (χ3n) is 1.91. The molecule has 1 unspecified atom stereocenters. The Morgan fingerprint density at radius 3 is 2.80 bits per heavy atom. The fourth-order valence-corrected chi connectivity index (χ4v) is 1.12. The maximum atomic E-state index is 10.7. The van der Waals surface area contributed by atoms with Gasteiger partial charge in [0.05, 0.1) is 11.3 Å². The summed E-state index contributed by atoms with van der Waals surface area (Å²) >= 11 is 0. The van der Waals surface area contributed by atoms with Gasteiger partial charge in [-0.25, -0.2) is 4.79 Å². The van der Waals surface area contributed by atoms with Gasteiger partial charge in [0.2, 0.25) is 0 Å². The van der Waals surface area contributed by atoms with Crippen molar-refractivity contribution in [1.29, 1.82) is 5.26 Å². The van der Waals surface area contributed by atoms with E-state index in [4.69, 9.17) is 16.1 Å². The smallest absolute Gasteiger partial charge is 0.327 e. The number of carboxylic acids is 1. The number of carboxylic acid groups (broad SMARTS) is 1. The Kier molecular flexibility index (Phi) is 3.66. The molecule has 0 saturated carbocycles. The number of nitrogens with two attached hydrogens (primary N) is 1. The molecule has 0 radical (unpaired) electrons. The molecule has 1 aromatic rings. The Bertz CT molecular complexity index is 398. The SMILES string of the molecule is N#Cc1ccccc1NC(CN)C(=O)O.